The fourth-order valence-corrected chi connectivity index (χ4v) is 1.78. The molecule has 1 heterocycles. The van der Waals surface area contributed by atoms with E-state index < -0.39 is 11.8 Å². The Morgan fingerprint density at radius 2 is 1.83 bits per heavy atom. The third-order valence-electron chi connectivity index (χ3n) is 2.61. The van der Waals surface area contributed by atoms with Gasteiger partial charge in [-0.15, -0.1) is 0 Å². The van der Waals surface area contributed by atoms with Crippen molar-refractivity contribution >= 4 is 11.8 Å². The van der Waals surface area contributed by atoms with E-state index in [1.807, 2.05) is 25.1 Å². The van der Waals surface area contributed by atoms with Crippen LogP contribution in [0.15, 0.2) is 30.6 Å². The van der Waals surface area contributed by atoms with Crippen LogP contribution < -0.4 is 11.5 Å². The zero-order valence-electron chi connectivity index (χ0n) is 9.75. The molecule has 1 aromatic carbocycles. The van der Waals surface area contributed by atoms with E-state index in [9.17, 15) is 9.59 Å². The van der Waals surface area contributed by atoms with Crippen LogP contribution in [0.5, 0.6) is 0 Å². The Bertz CT molecular complexity index is 631. The van der Waals surface area contributed by atoms with Crippen molar-refractivity contribution in [2.75, 3.05) is 0 Å². The molecule has 0 radical (unpaired) electrons. The number of amides is 2. The Morgan fingerprint density at radius 3 is 2.39 bits per heavy atom. The number of rotatable bonds is 3. The molecule has 2 amide bonds. The van der Waals surface area contributed by atoms with Gasteiger partial charge in [0, 0.05) is 0 Å². The minimum absolute atomic E-state index is 0.00296. The van der Waals surface area contributed by atoms with E-state index >= 15 is 0 Å². The molecule has 0 aliphatic heterocycles. The Balaban J connectivity index is 2.70. The lowest BCUT2D eigenvalue weighted by atomic mass is 10.2. The van der Waals surface area contributed by atoms with Gasteiger partial charge in [0.2, 0.25) is 0 Å². The molecule has 2 aromatic rings. The SMILES string of the molecule is Cc1ccccc1-n1cnc(C(N)=O)c1C(N)=O. The fraction of sp³-hybridized carbons (Fsp3) is 0.0833. The molecule has 6 heteroatoms. The van der Waals surface area contributed by atoms with Crippen LogP contribution in [0, 0.1) is 6.92 Å². The van der Waals surface area contributed by atoms with Crippen LogP contribution in [-0.2, 0) is 0 Å². The van der Waals surface area contributed by atoms with Crippen molar-refractivity contribution in [3.63, 3.8) is 0 Å². The van der Waals surface area contributed by atoms with Gasteiger partial charge in [-0.05, 0) is 18.6 Å². The molecule has 18 heavy (non-hydrogen) atoms. The average Bonchev–Trinajstić information content (AvgIpc) is 2.74. The summed E-state index contributed by atoms with van der Waals surface area (Å²) in [5.74, 6) is -1.53. The molecule has 0 unspecified atom stereocenters. The first-order valence-electron chi connectivity index (χ1n) is 5.25. The number of carbonyl (C=O) groups excluding carboxylic acids is 2. The average molecular weight is 244 g/mol. The van der Waals surface area contributed by atoms with Gasteiger partial charge in [-0.2, -0.15) is 0 Å². The summed E-state index contributed by atoms with van der Waals surface area (Å²) in [6.07, 6.45) is 1.36. The summed E-state index contributed by atoms with van der Waals surface area (Å²) in [6, 6.07) is 7.37. The Hall–Kier alpha value is -2.63. The molecule has 0 aliphatic carbocycles. The number of imidazole rings is 1. The largest absolute Gasteiger partial charge is 0.364 e. The van der Waals surface area contributed by atoms with Crippen molar-refractivity contribution < 1.29 is 9.59 Å². The number of hydrogen-bond donors (Lipinski definition) is 2. The quantitative estimate of drug-likeness (QED) is 0.815. The number of nitrogens with zero attached hydrogens (tertiary/aromatic N) is 2. The topological polar surface area (TPSA) is 104 Å². The first-order chi connectivity index (χ1) is 8.52. The highest BCUT2D eigenvalue weighted by Gasteiger charge is 2.21. The molecule has 4 N–H and O–H groups in total. The number of benzene rings is 1. The standard InChI is InChI=1S/C12H12N4O2/c1-7-4-2-3-5-8(7)16-6-15-9(11(13)17)10(16)12(14)18/h2-6H,1H3,(H2,13,17)(H2,14,18). The smallest absolute Gasteiger partial charge is 0.269 e. The second-order valence-electron chi connectivity index (χ2n) is 3.83. The van der Waals surface area contributed by atoms with E-state index in [1.165, 1.54) is 10.9 Å². The molecule has 6 nitrogen and oxygen atoms in total. The third-order valence-corrected chi connectivity index (χ3v) is 2.61. The molecule has 0 atom stereocenters. The van der Waals surface area contributed by atoms with Crippen LogP contribution in [0.3, 0.4) is 0 Å². The van der Waals surface area contributed by atoms with Gasteiger partial charge in [0.25, 0.3) is 11.8 Å². The van der Waals surface area contributed by atoms with Crippen LogP contribution >= 0.6 is 0 Å². The van der Waals surface area contributed by atoms with Gasteiger partial charge in [0.1, 0.15) is 12.0 Å². The molecule has 1 aromatic heterocycles. The molecular weight excluding hydrogens is 232 g/mol. The molecule has 0 saturated heterocycles. The second-order valence-corrected chi connectivity index (χ2v) is 3.83. The first-order valence-corrected chi connectivity index (χ1v) is 5.25. The van der Waals surface area contributed by atoms with Gasteiger partial charge >= 0.3 is 0 Å². The lowest BCUT2D eigenvalue weighted by molar-refractivity contribution is 0.0960. The van der Waals surface area contributed by atoms with Crippen molar-refractivity contribution in [3.05, 3.63) is 47.5 Å². The van der Waals surface area contributed by atoms with Gasteiger partial charge in [-0.25, -0.2) is 4.98 Å². The van der Waals surface area contributed by atoms with Crippen molar-refractivity contribution in [1.29, 1.82) is 0 Å². The van der Waals surface area contributed by atoms with Crippen LogP contribution in [0.2, 0.25) is 0 Å². The van der Waals surface area contributed by atoms with E-state index in [0.717, 1.165) is 11.3 Å². The number of carbonyl (C=O) groups is 2. The summed E-state index contributed by atoms with van der Waals surface area (Å²) >= 11 is 0. The summed E-state index contributed by atoms with van der Waals surface area (Å²) in [7, 11) is 0. The second kappa shape index (κ2) is 4.33. The zero-order valence-corrected chi connectivity index (χ0v) is 9.75. The molecule has 92 valence electrons. The highest BCUT2D eigenvalue weighted by molar-refractivity contribution is 6.04. The normalized spacial score (nSPS) is 10.3. The maximum atomic E-state index is 11.4. The van der Waals surface area contributed by atoms with E-state index in [0.29, 0.717) is 0 Å². The number of para-hydroxylation sites is 1. The maximum absolute atomic E-state index is 11.4. The highest BCUT2D eigenvalue weighted by atomic mass is 16.2. The summed E-state index contributed by atoms with van der Waals surface area (Å²) in [6.45, 7) is 1.88. The number of aromatic nitrogens is 2. The molecule has 0 aliphatic rings. The highest BCUT2D eigenvalue weighted by Crippen LogP contribution is 2.17. The first kappa shape index (κ1) is 11.8. The van der Waals surface area contributed by atoms with Gasteiger partial charge in [-0.1, -0.05) is 18.2 Å². The summed E-state index contributed by atoms with van der Waals surface area (Å²) < 4.78 is 1.47. The zero-order chi connectivity index (χ0) is 13.3. The number of aryl methyl sites for hydroxylation is 1. The number of nitrogens with two attached hydrogens (primary N) is 2. The Morgan fingerprint density at radius 1 is 1.17 bits per heavy atom. The Kier molecular flexibility index (Phi) is 2.85. The summed E-state index contributed by atoms with van der Waals surface area (Å²) in [4.78, 5) is 26.5. The van der Waals surface area contributed by atoms with E-state index in [4.69, 9.17) is 11.5 Å². The lowest BCUT2D eigenvalue weighted by Gasteiger charge is -2.09. The summed E-state index contributed by atoms with van der Waals surface area (Å²) in [5.41, 5.74) is 12.0. The molecule has 0 spiro atoms. The third kappa shape index (κ3) is 1.84. The van der Waals surface area contributed by atoms with E-state index in [2.05, 4.69) is 4.98 Å². The van der Waals surface area contributed by atoms with Crippen molar-refractivity contribution in [3.8, 4) is 5.69 Å². The molecule has 2 rings (SSSR count). The molecule has 0 fully saturated rings. The summed E-state index contributed by atoms with van der Waals surface area (Å²) in [5, 5.41) is 0. The van der Waals surface area contributed by atoms with Crippen LogP contribution in [0.25, 0.3) is 5.69 Å². The van der Waals surface area contributed by atoms with Gasteiger partial charge < -0.3 is 11.5 Å². The lowest BCUT2D eigenvalue weighted by Crippen LogP contribution is -2.23. The van der Waals surface area contributed by atoms with Crippen molar-refractivity contribution in [2.24, 2.45) is 11.5 Å². The minimum Gasteiger partial charge on any atom is -0.364 e. The minimum atomic E-state index is -0.781. The molecule has 0 bridgehead atoms. The Labute approximate surface area is 103 Å². The van der Waals surface area contributed by atoms with Gasteiger partial charge in [-0.3, -0.25) is 14.2 Å². The van der Waals surface area contributed by atoms with Crippen molar-refractivity contribution in [1.82, 2.24) is 9.55 Å². The van der Waals surface area contributed by atoms with Gasteiger partial charge in [0.05, 0.1) is 5.69 Å². The molecule has 0 saturated carbocycles. The monoisotopic (exact) mass is 244 g/mol. The van der Waals surface area contributed by atoms with E-state index in [-0.39, 0.29) is 11.4 Å². The number of primary amides is 2. The van der Waals surface area contributed by atoms with Crippen LogP contribution in [0.1, 0.15) is 26.5 Å². The maximum Gasteiger partial charge on any atom is 0.269 e. The predicted molar refractivity (Wildman–Crippen MR) is 65.3 cm³/mol. The fourth-order valence-electron chi connectivity index (χ4n) is 1.78. The van der Waals surface area contributed by atoms with Crippen LogP contribution in [0.4, 0.5) is 0 Å². The van der Waals surface area contributed by atoms with Gasteiger partial charge in [0.15, 0.2) is 5.69 Å². The predicted octanol–water partition coefficient (Wildman–Crippen LogP) is 0.379. The molecular formula is C12H12N4O2. The van der Waals surface area contributed by atoms with Crippen LogP contribution in [-0.4, -0.2) is 21.4 Å². The van der Waals surface area contributed by atoms with Crippen molar-refractivity contribution in [2.45, 2.75) is 6.92 Å². The number of hydrogen-bond acceptors (Lipinski definition) is 3. The van der Waals surface area contributed by atoms with E-state index in [1.54, 1.807) is 6.07 Å².